The molecule has 0 spiro atoms. The maximum atomic E-state index is 12.7. The Kier molecular flexibility index (Phi) is 21.5. The fourth-order valence-corrected chi connectivity index (χ4v) is 6.93. The molecule has 0 saturated carbocycles. The van der Waals surface area contributed by atoms with Crippen molar-refractivity contribution in [1.82, 2.24) is 4.98 Å². The highest BCUT2D eigenvalue weighted by molar-refractivity contribution is 5.82. The molecule has 6 N–H and O–H groups in total. The van der Waals surface area contributed by atoms with E-state index in [2.05, 4.69) is 11.1 Å². The molecule has 1 aromatic heterocycles. The average molecular weight is 838 g/mol. The predicted octanol–water partition coefficient (Wildman–Crippen LogP) is 5.37. The fourth-order valence-electron chi connectivity index (χ4n) is 6.93. The number of methoxy groups -OCH3 is 1. The number of carbonyl (C=O) groups is 1. The van der Waals surface area contributed by atoms with E-state index >= 15 is 0 Å². The Hall–Kier alpha value is -4.02. The highest BCUT2D eigenvalue weighted by Gasteiger charge is 2.40. The third-order valence-corrected chi connectivity index (χ3v) is 10.6. The molecule has 0 amide bonds. The Morgan fingerprint density at radius 1 is 0.800 bits per heavy atom. The van der Waals surface area contributed by atoms with Crippen LogP contribution in [0.3, 0.4) is 0 Å². The molecular formula is C47H67NO12. The molecule has 2 aliphatic heterocycles. The molecule has 332 valence electrons. The van der Waals surface area contributed by atoms with E-state index < -0.39 is 85.1 Å². The first-order chi connectivity index (χ1) is 28.5. The Bertz CT molecular complexity index is 1720. The summed E-state index contributed by atoms with van der Waals surface area (Å²) in [6, 6.07) is 0. The van der Waals surface area contributed by atoms with Crippen LogP contribution in [0.1, 0.15) is 78.8 Å². The van der Waals surface area contributed by atoms with Gasteiger partial charge in [-0.2, -0.15) is 0 Å². The van der Waals surface area contributed by atoms with Gasteiger partial charge in [0.05, 0.1) is 48.6 Å². The third-order valence-electron chi connectivity index (χ3n) is 10.6. The van der Waals surface area contributed by atoms with Gasteiger partial charge < -0.3 is 54.0 Å². The number of hydrogen-bond acceptors (Lipinski definition) is 13. The minimum absolute atomic E-state index is 0.130. The zero-order chi connectivity index (χ0) is 44.4. The smallest absolute Gasteiger partial charge is 0.331 e. The SMILES string of the molecule is COC(CC(O)/C=C/C=C/C=C[C@@H]1O[C@H](C)[C@@H](O)[C@H](O)[C@H]1O)C(C)c1nc(/C=C/C=C\C2OC(C(C)C(O)CC(C)O)C(C)OC(=O)\C=C/C=C/C=C\C(C)=C\C2C)co1. The number of allylic oxidation sites excluding steroid dienone is 12. The van der Waals surface area contributed by atoms with Crippen molar-refractivity contribution in [3.8, 4) is 0 Å². The number of rotatable bonds is 16. The van der Waals surface area contributed by atoms with E-state index in [0.717, 1.165) is 5.57 Å². The van der Waals surface area contributed by atoms with Crippen LogP contribution in [0.25, 0.3) is 6.08 Å². The quantitative estimate of drug-likeness (QED) is 0.0918. The summed E-state index contributed by atoms with van der Waals surface area (Å²) in [6.07, 6.45) is 21.8. The maximum Gasteiger partial charge on any atom is 0.331 e. The number of aliphatic hydroxyl groups excluding tert-OH is 6. The van der Waals surface area contributed by atoms with Gasteiger partial charge in [-0.05, 0) is 40.2 Å². The highest BCUT2D eigenvalue weighted by atomic mass is 16.6. The van der Waals surface area contributed by atoms with Crippen LogP contribution in [-0.4, -0.2) is 122 Å². The summed E-state index contributed by atoms with van der Waals surface area (Å²) in [5, 5.41) is 61.7. The highest BCUT2D eigenvalue weighted by Crippen LogP contribution is 2.28. The number of hydrogen-bond donors (Lipinski definition) is 6. The minimum Gasteiger partial charge on any atom is -0.457 e. The van der Waals surface area contributed by atoms with Crippen molar-refractivity contribution >= 4 is 12.0 Å². The topological polar surface area (TPSA) is 201 Å². The summed E-state index contributed by atoms with van der Waals surface area (Å²) in [5.41, 5.74) is 1.59. The van der Waals surface area contributed by atoms with Crippen LogP contribution in [0.4, 0.5) is 0 Å². The average Bonchev–Trinajstić information content (AvgIpc) is 3.68. The molecule has 0 bridgehead atoms. The van der Waals surface area contributed by atoms with E-state index in [1.165, 1.54) is 6.08 Å². The molecule has 0 radical (unpaired) electrons. The largest absolute Gasteiger partial charge is 0.457 e. The lowest BCUT2D eigenvalue weighted by molar-refractivity contribution is -0.203. The standard InChI is InChI=1S/C47H67NO12/c1-29-19-13-9-12-16-24-42(52)59-35(7)46(32(4)38(51)26-31(3)49)60-39(30(2)25-29)22-18-17-20-36-28-57-47(48-36)33(5)41(56-8)27-37(50)21-14-10-11-15-23-40-44(54)45(55)43(53)34(6)58-40/h9-25,28,30-35,37-41,43-46,49-51,53-55H,26-27H2,1-8H3/b11-10+,12-9+,19-13-,20-17+,21-14+,22-18-,23-15?,24-16-,29-25+/t30?,31?,32?,33?,34-,35?,37?,38?,39?,40+,41?,43-,44+,45+,46?/m1/s1. The second-order valence-corrected chi connectivity index (χ2v) is 15.7. The van der Waals surface area contributed by atoms with Gasteiger partial charge >= 0.3 is 5.97 Å². The molecule has 13 nitrogen and oxygen atoms in total. The molecule has 15 atom stereocenters. The zero-order valence-electron chi connectivity index (χ0n) is 36.0. The molecule has 3 rings (SSSR count). The van der Waals surface area contributed by atoms with Crippen molar-refractivity contribution in [2.45, 2.75) is 140 Å². The van der Waals surface area contributed by atoms with Crippen molar-refractivity contribution in [3.05, 3.63) is 121 Å². The normalized spacial score (nSPS) is 33.2. The van der Waals surface area contributed by atoms with Gasteiger partial charge in [0, 0.05) is 31.4 Å². The number of aliphatic hydroxyl groups is 6. The first-order valence-electron chi connectivity index (χ1n) is 20.7. The van der Waals surface area contributed by atoms with Gasteiger partial charge in [0.1, 0.15) is 42.5 Å². The van der Waals surface area contributed by atoms with Crippen molar-refractivity contribution in [1.29, 1.82) is 0 Å². The number of cyclic esters (lactones) is 1. The Morgan fingerprint density at radius 2 is 1.47 bits per heavy atom. The number of aromatic nitrogens is 1. The van der Waals surface area contributed by atoms with Crippen LogP contribution in [0.2, 0.25) is 0 Å². The Morgan fingerprint density at radius 3 is 2.17 bits per heavy atom. The van der Waals surface area contributed by atoms with Gasteiger partial charge in [-0.1, -0.05) is 117 Å². The molecule has 2 aliphatic rings. The first kappa shape index (κ1) is 50.3. The number of nitrogens with zero attached hydrogens (tertiary/aromatic N) is 1. The van der Waals surface area contributed by atoms with Gasteiger partial charge in [-0.25, -0.2) is 9.78 Å². The first-order valence-corrected chi connectivity index (χ1v) is 20.7. The molecular weight excluding hydrogens is 771 g/mol. The molecule has 0 aliphatic carbocycles. The number of carbonyl (C=O) groups excluding carboxylic acids is 1. The molecule has 13 heteroatoms. The summed E-state index contributed by atoms with van der Waals surface area (Å²) in [6.45, 7) is 12.7. The van der Waals surface area contributed by atoms with Gasteiger partial charge in [0.25, 0.3) is 0 Å². The Balaban J connectivity index is 1.69. The molecule has 10 unspecified atom stereocenters. The van der Waals surface area contributed by atoms with Crippen molar-refractivity contribution in [2.24, 2.45) is 11.8 Å². The van der Waals surface area contributed by atoms with Gasteiger partial charge in [-0.15, -0.1) is 0 Å². The lowest BCUT2D eigenvalue weighted by atomic mass is 9.90. The zero-order valence-corrected chi connectivity index (χ0v) is 36.0. The van der Waals surface area contributed by atoms with Crippen LogP contribution < -0.4 is 0 Å². The van der Waals surface area contributed by atoms with Gasteiger partial charge in [-0.3, -0.25) is 0 Å². The predicted molar refractivity (Wildman–Crippen MR) is 230 cm³/mol. The molecule has 60 heavy (non-hydrogen) atoms. The molecule has 1 saturated heterocycles. The monoisotopic (exact) mass is 837 g/mol. The lowest BCUT2D eigenvalue weighted by Crippen LogP contribution is -2.55. The maximum absolute atomic E-state index is 12.7. The van der Waals surface area contributed by atoms with Crippen LogP contribution >= 0.6 is 0 Å². The molecule has 3 heterocycles. The summed E-state index contributed by atoms with van der Waals surface area (Å²) in [4.78, 5) is 17.3. The van der Waals surface area contributed by atoms with Crippen LogP contribution in [0, 0.1) is 11.8 Å². The van der Waals surface area contributed by atoms with E-state index in [1.54, 1.807) is 88.8 Å². The number of esters is 1. The van der Waals surface area contributed by atoms with E-state index in [-0.39, 0.29) is 24.7 Å². The molecule has 1 aromatic rings. The second kappa shape index (κ2) is 25.7. The van der Waals surface area contributed by atoms with Gasteiger partial charge in [0.2, 0.25) is 0 Å². The van der Waals surface area contributed by atoms with Crippen molar-refractivity contribution in [2.75, 3.05) is 7.11 Å². The van der Waals surface area contributed by atoms with Crippen LogP contribution in [0.15, 0.2) is 113 Å². The lowest BCUT2D eigenvalue weighted by Gasteiger charge is -2.38. The third kappa shape index (κ3) is 16.4. The summed E-state index contributed by atoms with van der Waals surface area (Å²) < 4.78 is 29.5. The van der Waals surface area contributed by atoms with Gasteiger partial charge in [0.15, 0.2) is 5.89 Å². The van der Waals surface area contributed by atoms with Crippen molar-refractivity contribution < 1.29 is 58.8 Å². The van der Waals surface area contributed by atoms with Crippen LogP contribution in [-0.2, 0) is 23.7 Å². The van der Waals surface area contributed by atoms with E-state index in [9.17, 15) is 35.4 Å². The molecule has 0 aromatic carbocycles. The summed E-state index contributed by atoms with van der Waals surface area (Å²) >= 11 is 0. The number of oxazole rings is 1. The fraction of sp³-hybridized carbons (Fsp3) is 0.532. The minimum atomic E-state index is -1.30. The second-order valence-electron chi connectivity index (χ2n) is 15.7. The summed E-state index contributed by atoms with van der Waals surface area (Å²) in [5.74, 6) is -1.00. The summed E-state index contributed by atoms with van der Waals surface area (Å²) in [7, 11) is 1.57. The van der Waals surface area contributed by atoms with E-state index in [0.29, 0.717) is 11.6 Å². The number of ether oxygens (including phenoxy) is 4. The van der Waals surface area contributed by atoms with Crippen molar-refractivity contribution in [3.63, 3.8) is 0 Å². The van der Waals surface area contributed by atoms with E-state index in [4.69, 9.17) is 23.4 Å². The molecule has 1 fully saturated rings. The van der Waals surface area contributed by atoms with Crippen LogP contribution in [0.5, 0.6) is 0 Å². The van der Waals surface area contributed by atoms with E-state index in [1.807, 2.05) is 64.2 Å². The Labute approximate surface area is 355 Å².